The predicted molar refractivity (Wildman–Crippen MR) is 54.2 cm³/mol. The second kappa shape index (κ2) is 5.65. The fraction of sp³-hybridized carbons (Fsp3) is 0.300. The van der Waals surface area contributed by atoms with Crippen LogP contribution in [0.25, 0.3) is 0 Å². The largest absolute Gasteiger partial charge is 0.462 e. The van der Waals surface area contributed by atoms with Gasteiger partial charge in [0.15, 0.2) is 0 Å². The molecule has 0 atom stereocenters. The average molecular weight is 214 g/mol. The van der Waals surface area contributed by atoms with Crippen molar-refractivity contribution in [3.05, 3.63) is 29.8 Å². The van der Waals surface area contributed by atoms with E-state index in [9.17, 15) is 9.18 Å². The van der Waals surface area contributed by atoms with E-state index in [1.54, 1.807) is 31.2 Å². The van der Waals surface area contributed by atoms with Gasteiger partial charge in [0.1, 0.15) is 6.01 Å². The van der Waals surface area contributed by atoms with Gasteiger partial charge in [-0.05, 0) is 31.2 Å². The standard InChI is InChI=1S/C10H11FO2S/c1-2-13-10(12)8-3-5-9(6-4-8)14-7-11/h3-6H,2,7H2,1H3. The zero-order chi connectivity index (χ0) is 10.4. The summed E-state index contributed by atoms with van der Waals surface area (Å²) in [6.45, 7) is 2.12. The number of ether oxygens (including phenoxy) is 1. The van der Waals surface area contributed by atoms with E-state index in [4.69, 9.17) is 4.74 Å². The Labute approximate surface area is 86.5 Å². The molecule has 76 valence electrons. The molecule has 0 fully saturated rings. The third kappa shape index (κ3) is 3.03. The maximum absolute atomic E-state index is 11.9. The van der Waals surface area contributed by atoms with Crippen LogP contribution in [0.15, 0.2) is 29.2 Å². The van der Waals surface area contributed by atoms with Crippen molar-refractivity contribution in [2.75, 3.05) is 12.6 Å². The van der Waals surface area contributed by atoms with E-state index in [0.29, 0.717) is 12.2 Å². The first-order valence-corrected chi connectivity index (χ1v) is 5.22. The molecule has 0 unspecified atom stereocenters. The van der Waals surface area contributed by atoms with Gasteiger partial charge in [-0.3, -0.25) is 0 Å². The predicted octanol–water partition coefficient (Wildman–Crippen LogP) is 2.88. The van der Waals surface area contributed by atoms with Crippen LogP contribution in [-0.2, 0) is 4.74 Å². The molecule has 4 heteroatoms. The van der Waals surface area contributed by atoms with E-state index in [1.165, 1.54) is 0 Å². The lowest BCUT2D eigenvalue weighted by atomic mass is 10.2. The third-order valence-electron chi connectivity index (χ3n) is 1.59. The van der Waals surface area contributed by atoms with E-state index in [2.05, 4.69) is 0 Å². The summed E-state index contributed by atoms with van der Waals surface area (Å²) in [6, 6.07) is 6.22. The molecular weight excluding hydrogens is 203 g/mol. The smallest absolute Gasteiger partial charge is 0.338 e. The molecular formula is C10H11FO2S. The molecule has 0 aliphatic rings. The van der Waals surface area contributed by atoms with Crippen LogP contribution in [-0.4, -0.2) is 18.6 Å². The van der Waals surface area contributed by atoms with Crippen LogP contribution >= 0.6 is 11.8 Å². The molecule has 1 aromatic rings. The number of alkyl halides is 1. The second-order valence-corrected chi connectivity index (χ2v) is 3.48. The first-order chi connectivity index (χ1) is 6.77. The Hall–Kier alpha value is -1.03. The Morgan fingerprint density at radius 1 is 1.43 bits per heavy atom. The summed E-state index contributed by atoms with van der Waals surface area (Å²) in [7, 11) is 0. The summed E-state index contributed by atoms with van der Waals surface area (Å²) in [4.78, 5) is 12.0. The van der Waals surface area contributed by atoms with Crippen molar-refractivity contribution in [3.63, 3.8) is 0 Å². The highest BCUT2D eigenvalue weighted by atomic mass is 32.2. The minimum Gasteiger partial charge on any atom is -0.462 e. The third-order valence-corrected chi connectivity index (χ3v) is 2.30. The number of esters is 1. The highest BCUT2D eigenvalue weighted by molar-refractivity contribution is 7.99. The van der Waals surface area contributed by atoms with Gasteiger partial charge in [0.05, 0.1) is 12.2 Å². The van der Waals surface area contributed by atoms with Crippen LogP contribution in [0.1, 0.15) is 17.3 Å². The average Bonchev–Trinajstić information content (AvgIpc) is 2.20. The highest BCUT2D eigenvalue weighted by Gasteiger charge is 2.05. The molecule has 0 aliphatic heterocycles. The lowest BCUT2D eigenvalue weighted by Gasteiger charge is -2.02. The first kappa shape index (κ1) is 11.0. The monoisotopic (exact) mass is 214 g/mol. The van der Waals surface area contributed by atoms with Crippen molar-refractivity contribution in [1.29, 1.82) is 0 Å². The van der Waals surface area contributed by atoms with E-state index < -0.39 is 6.01 Å². The zero-order valence-electron chi connectivity index (χ0n) is 7.83. The fourth-order valence-electron chi connectivity index (χ4n) is 0.965. The molecule has 0 aliphatic carbocycles. The summed E-state index contributed by atoms with van der Waals surface area (Å²) in [6.07, 6.45) is 0. The molecule has 0 spiro atoms. The molecule has 0 aromatic heterocycles. The number of rotatable bonds is 4. The quantitative estimate of drug-likeness (QED) is 0.569. The molecule has 0 bridgehead atoms. The van der Waals surface area contributed by atoms with Gasteiger partial charge in [-0.1, -0.05) is 11.8 Å². The molecule has 1 aromatic carbocycles. The molecule has 0 N–H and O–H groups in total. The van der Waals surface area contributed by atoms with Gasteiger partial charge in [0.25, 0.3) is 0 Å². The molecule has 0 amide bonds. The van der Waals surface area contributed by atoms with Crippen molar-refractivity contribution in [2.24, 2.45) is 0 Å². The van der Waals surface area contributed by atoms with Gasteiger partial charge >= 0.3 is 5.97 Å². The molecule has 2 nitrogen and oxygen atoms in total. The number of halogens is 1. The van der Waals surface area contributed by atoms with E-state index in [0.717, 1.165) is 16.7 Å². The summed E-state index contributed by atoms with van der Waals surface area (Å²) in [5.41, 5.74) is 0.495. The van der Waals surface area contributed by atoms with Crippen molar-refractivity contribution >= 4 is 17.7 Å². The highest BCUT2D eigenvalue weighted by Crippen LogP contribution is 2.18. The van der Waals surface area contributed by atoms with Gasteiger partial charge in [0, 0.05) is 4.90 Å². The summed E-state index contributed by atoms with van der Waals surface area (Å²) < 4.78 is 16.7. The van der Waals surface area contributed by atoms with Crippen molar-refractivity contribution in [3.8, 4) is 0 Å². The minimum atomic E-state index is -0.460. The first-order valence-electron chi connectivity index (χ1n) is 4.24. The van der Waals surface area contributed by atoms with E-state index in [1.807, 2.05) is 0 Å². The van der Waals surface area contributed by atoms with Crippen LogP contribution in [0.3, 0.4) is 0 Å². The van der Waals surface area contributed by atoms with E-state index >= 15 is 0 Å². The summed E-state index contributed by atoms with van der Waals surface area (Å²) >= 11 is 1.09. The maximum Gasteiger partial charge on any atom is 0.338 e. The number of benzene rings is 1. The normalized spacial score (nSPS) is 9.86. The number of thioether (sulfide) groups is 1. The topological polar surface area (TPSA) is 26.3 Å². The Kier molecular flexibility index (Phi) is 4.46. The van der Waals surface area contributed by atoms with Gasteiger partial charge in [-0.2, -0.15) is 0 Å². The molecule has 0 saturated heterocycles. The SMILES string of the molecule is CCOC(=O)c1ccc(SCF)cc1. The van der Waals surface area contributed by atoms with Crippen molar-refractivity contribution < 1.29 is 13.9 Å². The zero-order valence-corrected chi connectivity index (χ0v) is 8.64. The second-order valence-electron chi connectivity index (χ2n) is 2.50. The lowest BCUT2D eigenvalue weighted by molar-refractivity contribution is 0.0526. The molecule has 1 rings (SSSR count). The van der Waals surface area contributed by atoms with Gasteiger partial charge in [0.2, 0.25) is 0 Å². The Bertz CT molecular complexity index is 297. The fourth-order valence-corrected chi connectivity index (χ4v) is 1.42. The van der Waals surface area contributed by atoms with Gasteiger partial charge < -0.3 is 4.74 Å². The van der Waals surface area contributed by atoms with Crippen LogP contribution in [0.2, 0.25) is 0 Å². The number of hydrogen-bond acceptors (Lipinski definition) is 3. The van der Waals surface area contributed by atoms with Crippen LogP contribution < -0.4 is 0 Å². The van der Waals surface area contributed by atoms with Crippen LogP contribution in [0.5, 0.6) is 0 Å². The molecule has 14 heavy (non-hydrogen) atoms. The van der Waals surface area contributed by atoms with Crippen LogP contribution in [0.4, 0.5) is 4.39 Å². The summed E-state index contributed by atoms with van der Waals surface area (Å²) in [5, 5.41) is 0. The molecule has 0 saturated carbocycles. The maximum atomic E-state index is 11.9. The lowest BCUT2D eigenvalue weighted by Crippen LogP contribution is -2.03. The summed E-state index contributed by atoms with van der Waals surface area (Å²) in [5.74, 6) is -0.343. The minimum absolute atomic E-state index is 0.343. The molecule has 0 heterocycles. The van der Waals surface area contributed by atoms with Crippen molar-refractivity contribution in [2.45, 2.75) is 11.8 Å². The number of hydrogen-bond donors (Lipinski definition) is 0. The van der Waals surface area contributed by atoms with E-state index in [-0.39, 0.29) is 5.97 Å². The number of carbonyl (C=O) groups excluding carboxylic acids is 1. The van der Waals surface area contributed by atoms with Crippen molar-refractivity contribution in [1.82, 2.24) is 0 Å². The molecule has 0 radical (unpaired) electrons. The van der Waals surface area contributed by atoms with Crippen LogP contribution in [0, 0.1) is 0 Å². The van der Waals surface area contributed by atoms with Gasteiger partial charge in [-0.15, -0.1) is 0 Å². The Balaban J connectivity index is 2.67. The van der Waals surface area contributed by atoms with Gasteiger partial charge in [-0.25, -0.2) is 9.18 Å². The Morgan fingerprint density at radius 3 is 2.57 bits per heavy atom. The Morgan fingerprint density at radius 2 is 2.07 bits per heavy atom. The number of carbonyl (C=O) groups is 1.